The lowest BCUT2D eigenvalue weighted by atomic mass is 10.3. The van der Waals surface area contributed by atoms with Crippen LogP contribution in [0.3, 0.4) is 0 Å². The van der Waals surface area contributed by atoms with Gasteiger partial charge < -0.3 is 5.32 Å². The van der Waals surface area contributed by atoms with Crippen molar-refractivity contribution in [1.29, 1.82) is 0 Å². The molecule has 1 fully saturated rings. The monoisotopic (exact) mass is 372 g/mol. The minimum Gasteiger partial charge on any atom is -0.321 e. The van der Waals surface area contributed by atoms with Crippen LogP contribution in [-0.2, 0) is 10.0 Å². The van der Waals surface area contributed by atoms with Crippen molar-refractivity contribution in [2.24, 2.45) is 0 Å². The van der Waals surface area contributed by atoms with Crippen molar-refractivity contribution in [3.05, 3.63) is 46.2 Å². The summed E-state index contributed by atoms with van der Waals surface area (Å²) in [6.07, 6.45) is 1.57. The topological polar surface area (TPSA) is 66.5 Å². The van der Waals surface area contributed by atoms with Gasteiger partial charge in [-0.2, -0.15) is 4.31 Å². The molecule has 128 valence electrons. The first-order valence-electron chi connectivity index (χ1n) is 7.23. The van der Waals surface area contributed by atoms with E-state index in [1.54, 1.807) is 0 Å². The largest absolute Gasteiger partial charge is 0.321 e. The van der Waals surface area contributed by atoms with E-state index in [4.69, 9.17) is 0 Å². The minimum atomic E-state index is -3.74. The van der Waals surface area contributed by atoms with Gasteiger partial charge in [-0.15, -0.1) is 11.3 Å². The second kappa shape index (κ2) is 6.58. The van der Waals surface area contributed by atoms with Gasteiger partial charge in [-0.3, -0.25) is 4.79 Å². The molecule has 1 saturated heterocycles. The van der Waals surface area contributed by atoms with E-state index >= 15 is 0 Å². The van der Waals surface area contributed by atoms with E-state index in [2.05, 4.69) is 5.32 Å². The molecule has 0 radical (unpaired) electrons. The van der Waals surface area contributed by atoms with E-state index in [0.717, 1.165) is 36.3 Å². The highest BCUT2D eigenvalue weighted by molar-refractivity contribution is 7.89. The van der Waals surface area contributed by atoms with Gasteiger partial charge in [0, 0.05) is 24.8 Å². The van der Waals surface area contributed by atoms with Crippen molar-refractivity contribution < 1.29 is 22.0 Å². The highest BCUT2D eigenvalue weighted by atomic mass is 32.2. The highest BCUT2D eigenvalue weighted by Crippen LogP contribution is 2.28. The van der Waals surface area contributed by atoms with Crippen molar-refractivity contribution in [3.8, 4) is 0 Å². The van der Waals surface area contributed by atoms with Crippen LogP contribution in [-0.4, -0.2) is 31.7 Å². The predicted octanol–water partition coefficient (Wildman–Crippen LogP) is 3.06. The lowest BCUT2D eigenvalue weighted by Gasteiger charge is -2.15. The fraction of sp³-hybridized carbons (Fsp3) is 0.267. The van der Waals surface area contributed by atoms with Crippen LogP contribution in [0.5, 0.6) is 0 Å². The maximum absolute atomic E-state index is 13.2. The number of carbonyl (C=O) groups is 1. The van der Waals surface area contributed by atoms with Gasteiger partial charge in [0.05, 0.1) is 0 Å². The molecule has 0 spiro atoms. The second-order valence-electron chi connectivity index (χ2n) is 5.34. The average molecular weight is 372 g/mol. The molecule has 3 rings (SSSR count). The predicted molar refractivity (Wildman–Crippen MR) is 86.6 cm³/mol. The normalized spacial score (nSPS) is 15.6. The first kappa shape index (κ1) is 17.0. The van der Waals surface area contributed by atoms with E-state index in [0.29, 0.717) is 19.2 Å². The summed E-state index contributed by atoms with van der Waals surface area (Å²) in [6, 6.07) is 3.98. The number of hydrogen-bond donors (Lipinski definition) is 1. The van der Waals surface area contributed by atoms with Crippen molar-refractivity contribution in [2.45, 2.75) is 17.7 Å². The summed E-state index contributed by atoms with van der Waals surface area (Å²) in [7, 11) is -3.74. The molecule has 0 aliphatic carbocycles. The summed E-state index contributed by atoms with van der Waals surface area (Å²) in [5, 5.41) is 3.84. The smallest absolute Gasteiger partial charge is 0.267 e. The Bertz CT molecular complexity index is 854. The van der Waals surface area contributed by atoms with Gasteiger partial charge in [0.25, 0.3) is 5.91 Å². The third kappa shape index (κ3) is 3.33. The highest BCUT2D eigenvalue weighted by Gasteiger charge is 2.31. The number of halogens is 2. The summed E-state index contributed by atoms with van der Waals surface area (Å²) < 4.78 is 53.0. The number of sulfonamides is 1. The molecule has 0 saturated carbocycles. The van der Waals surface area contributed by atoms with Gasteiger partial charge in [-0.25, -0.2) is 17.2 Å². The van der Waals surface area contributed by atoms with Crippen molar-refractivity contribution in [3.63, 3.8) is 0 Å². The van der Waals surface area contributed by atoms with Crippen LogP contribution in [0.4, 0.5) is 14.5 Å². The van der Waals surface area contributed by atoms with Crippen LogP contribution >= 0.6 is 11.3 Å². The summed E-state index contributed by atoms with van der Waals surface area (Å²) in [6.45, 7) is 0.850. The Kier molecular flexibility index (Phi) is 4.66. The number of benzene rings is 1. The van der Waals surface area contributed by atoms with E-state index in [-0.39, 0.29) is 15.5 Å². The van der Waals surface area contributed by atoms with E-state index in [9.17, 15) is 22.0 Å². The fourth-order valence-electron chi connectivity index (χ4n) is 2.55. The average Bonchev–Trinajstić information content (AvgIpc) is 3.18. The Morgan fingerprint density at radius 2 is 1.75 bits per heavy atom. The Morgan fingerprint density at radius 3 is 2.38 bits per heavy atom. The third-order valence-corrected chi connectivity index (χ3v) is 6.62. The number of anilines is 1. The number of nitrogens with one attached hydrogen (secondary N) is 1. The summed E-state index contributed by atoms with van der Waals surface area (Å²) in [5.41, 5.74) is -0.0737. The molecule has 1 aromatic heterocycles. The molecule has 1 amide bonds. The molecule has 2 aromatic rings. The number of carbonyl (C=O) groups excluding carboxylic acids is 1. The molecule has 1 aromatic carbocycles. The van der Waals surface area contributed by atoms with E-state index in [1.165, 1.54) is 15.8 Å². The Labute approximate surface area is 142 Å². The first-order valence-corrected chi connectivity index (χ1v) is 9.55. The Balaban J connectivity index is 1.88. The van der Waals surface area contributed by atoms with Gasteiger partial charge in [0.15, 0.2) is 0 Å². The lowest BCUT2D eigenvalue weighted by molar-refractivity contribution is 0.102. The molecule has 2 heterocycles. The Morgan fingerprint density at radius 1 is 1.12 bits per heavy atom. The molecule has 0 bridgehead atoms. The zero-order chi connectivity index (χ0) is 17.3. The third-order valence-electron chi connectivity index (χ3n) is 3.64. The van der Waals surface area contributed by atoms with Gasteiger partial charge >= 0.3 is 0 Å². The summed E-state index contributed by atoms with van der Waals surface area (Å²) >= 11 is 0.966. The van der Waals surface area contributed by atoms with Crippen molar-refractivity contribution in [2.75, 3.05) is 18.4 Å². The number of nitrogens with zero attached hydrogens (tertiary/aromatic N) is 1. The molecule has 1 aliphatic rings. The number of amides is 1. The van der Waals surface area contributed by atoms with Crippen LogP contribution in [0, 0.1) is 11.6 Å². The van der Waals surface area contributed by atoms with E-state index in [1.807, 2.05) is 0 Å². The Hall–Kier alpha value is -1.84. The summed E-state index contributed by atoms with van der Waals surface area (Å²) in [4.78, 5) is 12.3. The maximum Gasteiger partial charge on any atom is 0.267 e. The molecule has 1 N–H and O–H groups in total. The van der Waals surface area contributed by atoms with Gasteiger partial charge in [-0.05, 0) is 36.4 Å². The molecule has 5 nitrogen and oxygen atoms in total. The van der Waals surface area contributed by atoms with Crippen molar-refractivity contribution in [1.82, 2.24) is 4.31 Å². The summed E-state index contributed by atoms with van der Waals surface area (Å²) in [5.74, 6) is -2.38. The lowest BCUT2D eigenvalue weighted by Crippen LogP contribution is -2.29. The zero-order valence-corrected chi connectivity index (χ0v) is 14.1. The number of hydrogen-bond acceptors (Lipinski definition) is 4. The van der Waals surface area contributed by atoms with Crippen molar-refractivity contribution >= 4 is 33.0 Å². The first-order chi connectivity index (χ1) is 11.4. The van der Waals surface area contributed by atoms with Gasteiger partial charge in [-0.1, -0.05) is 0 Å². The van der Waals surface area contributed by atoms with Crippen LogP contribution in [0.1, 0.15) is 22.5 Å². The second-order valence-corrected chi connectivity index (χ2v) is 8.16. The fourth-order valence-corrected chi connectivity index (χ4v) is 5.36. The molecule has 1 aliphatic heterocycles. The van der Waals surface area contributed by atoms with Crippen LogP contribution in [0.25, 0.3) is 0 Å². The SMILES string of the molecule is O=C(Nc1cc(F)cc(F)c1)c1sccc1S(=O)(=O)N1CCCC1. The van der Waals surface area contributed by atoms with Gasteiger partial charge in [0.2, 0.25) is 10.0 Å². The molecular formula is C15H14F2N2O3S2. The molecule has 9 heteroatoms. The maximum atomic E-state index is 13.2. The molecule has 0 unspecified atom stereocenters. The minimum absolute atomic E-state index is 0.00781. The molecule has 24 heavy (non-hydrogen) atoms. The number of rotatable bonds is 4. The zero-order valence-electron chi connectivity index (χ0n) is 12.5. The quantitative estimate of drug-likeness (QED) is 0.897. The van der Waals surface area contributed by atoms with Crippen LogP contribution < -0.4 is 5.32 Å². The van der Waals surface area contributed by atoms with Crippen LogP contribution in [0.2, 0.25) is 0 Å². The molecule has 0 atom stereocenters. The van der Waals surface area contributed by atoms with E-state index < -0.39 is 27.6 Å². The molecular weight excluding hydrogens is 358 g/mol. The van der Waals surface area contributed by atoms with Gasteiger partial charge in [0.1, 0.15) is 21.4 Å². The van der Waals surface area contributed by atoms with Crippen LogP contribution in [0.15, 0.2) is 34.5 Å². The standard InChI is InChI=1S/C15H14F2N2O3S2/c16-10-7-11(17)9-12(8-10)18-15(20)14-13(3-6-23-14)24(21,22)19-4-1-2-5-19/h3,6-9H,1-2,4-5H2,(H,18,20). The number of thiophene rings is 1.